The van der Waals surface area contributed by atoms with Crippen molar-refractivity contribution in [2.45, 2.75) is 20.3 Å². The molecule has 0 aliphatic heterocycles. The van der Waals surface area contributed by atoms with Gasteiger partial charge in [-0.15, -0.1) is 0 Å². The highest BCUT2D eigenvalue weighted by atomic mass is 16.5. The fraction of sp³-hybridized carbons (Fsp3) is 0.455. The summed E-state index contributed by atoms with van der Waals surface area (Å²) in [6.45, 7) is 4.31. The Kier molecular flexibility index (Phi) is 2.58. The van der Waals surface area contributed by atoms with Crippen LogP contribution in [-0.2, 0) is 6.42 Å². The second kappa shape index (κ2) is 3.88. The van der Waals surface area contributed by atoms with E-state index in [2.05, 4.69) is 23.9 Å². The number of aromatic nitrogens is 3. The molecule has 0 amide bonds. The number of fused-ring (bicyclic) bond motifs is 1. The van der Waals surface area contributed by atoms with Crippen molar-refractivity contribution in [3.63, 3.8) is 0 Å². The van der Waals surface area contributed by atoms with Crippen LogP contribution in [0.4, 0.5) is 0 Å². The summed E-state index contributed by atoms with van der Waals surface area (Å²) in [5.74, 6) is 2.20. The van der Waals surface area contributed by atoms with Crippen molar-refractivity contribution in [2.24, 2.45) is 5.92 Å². The molecule has 0 fully saturated rings. The fourth-order valence-corrected chi connectivity index (χ4v) is 1.54. The van der Waals surface area contributed by atoms with Crippen LogP contribution in [0.25, 0.3) is 5.65 Å². The van der Waals surface area contributed by atoms with Crippen molar-refractivity contribution < 1.29 is 4.74 Å². The lowest BCUT2D eigenvalue weighted by molar-refractivity contribution is 0.416. The van der Waals surface area contributed by atoms with Crippen LogP contribution in [0.15, 0.2) is 18.3 Å². The summed E-state index contributed by atoms with van der Waals surface area (Å²) in [7, 11) is 1.64. The van der Waals surface area contributed by atoms with Gasteiger partial charge in [0.05, 0.1) is 7.11 Å². The van der Waals surface area contributed by atoms with Crippen LogP contribution < -0.4 is 4.74 Å². The van der Waals surface area contributed by atoms with E-state index in [-0.39, 0.29) is 0 Å². The summed E-state index contributed by atoms with van der Waals surface area (Å²) in [4.78, 5) is 4.45. The highest BCUT2D eigenvalue weighted by molar-refractivity contribution is 5.52. The van der Waals surface area contributed by atoms with Gasteiger partial charge in [0.1, 0.15) is 0 Å². The standard InChI is InChI=1S/C11H15N3O/c1-8(2)7-10-12-11-9(15-3)5-4-6-14(11)13-10/h4-6,8H,7H2,1-3H3. The zero-order valence-electron chi connectivity index (χ0n) is 9.27. The maximum Gasteiger partial charge on any atom is 0.198 e. The summed E-state index contributed by atoms with van der Waals surface area (Å²) >= 11 is 0. The molecule has 0 atom stereocenters. The van der Waals surface area contributed by atoms with Gasteiger partial charge in [-0.05, 0) is 18.1 Å². The Bertz CT molecular complexity index is 462. The third-order valence-corrected chi connectivity index (χ3v) is 2.18. The largest absolute Gasteiger partial charge is 0.493 e. The molecule has 0 aromatic carbocycles. The van der Waals surface area contributed by atoms with E-state index in [9.17, 15) is 0 Å². The number of ether oxygens (including phenoxy) is 1. The first-order valence-corrected chi connectivity index (χ1v) is 5.09. The third kappa shape index (κ3) is 1.93. The van der Waals surface area contributed by atoms with E-state index in [0.29, 0.717) is 5.92 Å². The summed E-state index contributed by atoms with van der Waals surface area (Å²) < 4.78 is 6.98. The lowest BCUT2D eigenvalue weighted by Crippen LogP contribution is -1.96. The van der Waals surface area contributed by atoms with E-state index in [0.717, 1.165) is 23.6 Å². The van der Waals surface area contributed by atoms with E-state index in [1.165, 1.54) is 0 Å². The van der Waals surface area contributed by atoms with Gasteiger partial charge in [0.2, 0.25) is 0 Å². The molecule has 0 unspecified atom stereocenters. The van der Waals surface area contributed by atoms with Crippen LogP contribution in [0.5, 0.6) is 5.75 Å². The first-order valence-electron chi connectivity index (χ1n) is 5.09. The molecule has 0 saturated carbocycles. The molecule has 0 N–H and O–H groups in total. The molecule has 0 spiro atoms. The average Bonchev–Trinajstić information content (AvgIpc) is 2.58. The molecule has 2 aromatic heterocycles. The van der Waals surface area contributed by atoms with Crippen molar-refractivity contribution in [3.8, 4) is 5.75 Å². The van der Waals surface area contributed by atoms with E-state index in [1.54, 1.807) is 11.6 Å². The first-order chi connectivity index (χ1) is 7.20. The van der Waals surface area contributed by atoms with Crippen molar-refractivity contribution in [1.29, 1.82) is 0 Å². The van der Waals surface area contributed by atoms with Crippen molar-refractivity contribution in [1.82, 2.24) is 14.6 Å². The predicted octanol–water partition coefficient (Wildman–Crippen LogP) is 1.94. The molecule has 0 saturated heterocycles. The minimum Gasteiger partial charge on any atom is -0.493 e. The lowest BCUT2D eigenvalue weighted by Gasteiger charge is -1.98. The molecule has 4 nitrogen and oxygen atoms in total. The number of nitrogens with zero attached hydrogens (tertiary/aromatic N) is 3. The molecule has 0 aliphatic rings. The van der Waals surface area contributed by atoms with Gasteiger partial charge in [-0.25, -0.2) is 9.50 Å². The van der Waals surface area contributed by atoms with E-state index >= 15 is 0 Å². The Morgan fingerprint density at radius 2 is 2.27 bits per heavy atom. The van der Waals surface area contributed by atoms with Gasteiger partial charge in [0.25, 0.3) is 0 Å². The predicted molar refractivity (Wildman–Crippen MR) is 58.1 cm³/mol. The highest BCUT2D eigenvalue weighted by Gasteiger charge is 2.08. The zero-order chi connectivity index (χ0) is 10.8. The van der Waals surface area contributed by atoms with Crippen LogP contribution in [0.2, 0.25) is 0 Å². The molecule has 2 heterocycles. The first kappa shape index (κ1) is 9.96. The molecule has 80 valence electrons. The molecule has 15 heavy (non-hydrogen) atoms. The van der Waals surface area contributed by atoms with Crippen LogP contribution in [0.3, 0.4) is 0 Å². The van der Waals surface area contributed by atoms with E-state index < -0.39 is 0 Å². The highest BCUT2D eigenvalue weighted by Crippen LogP contribution is 2.17. The molecule has 4 heteroatoms. The number of hydrogen-bond acceptors (Lipinski definition) is 3. The Hall–Kier alpha value is -1.58. The van der Waals surface area contributed by atoms with Crippen LogP contribution >= 0.6 is 0 Å². The minimum absolute atomic E-state index is 0.563. The maximum atomic E-state index is 5.22. The van der Waals surface area contributed by atoms with Gasteiger partial charge >= 0.3 is 0 Å². The number of hydrogen-bond donors (Lipinski definition) is 0. The monoisotopic (exact) mass is 205 g/mol. The van der Waals surface area contributed by atoms with Gasteiger partial charge in [-0.2, -0.15) is 5.10 Å². The number of pyridine rings is 1. The zero-order valence-corrected chi connectivity index (χ0v) is 9.27. The van der Waals surface area contributed by atoms with Gasteiger partial charge in [0.15, 0.2) is 17.2 Å². The van der Waals surface area contributed by atoms with Gasteiger partial charge < -0.3 is 4.74 Å². The maximum absolute atomic E-state index is 5.22. The second-order valence-electron chi connectivity index (χ2n) is 3.97. The molecular formula is C11H15N3O. The minimum atomic E-state index is 0.563. The SMILES string of the molecule is COc1cccn2nc(CC(C)C)nc12. The quantitative estimate of drug-likeness (QED) is 0.768. The molecule has 2 rings (SSSR count). The molecule has 0 aliphatic carbocycles. The Labute approximate surface area is 88.9 Å². The van der Waals surface area contributed by atoms with Gasteiger partial charge in [0, 0.05) is 12.6 Å². The summed E-state index contributed by atoms with van der Waals surface area (Å²) in [5.41, 5.74) is 0.788. The Balaban J connectivity index is 2.45. The van der Waals surface area contributed by atoms with Crippen LogP contribution in [-0.4, -0.2) is 21.7 Å². The summed E-state index contributed by atoms with van der Waals surface area (Å²) in [6, 6.07) is 3.79. The van der Waals surface area contributed by atoms with Crippen molar-refractivity contribution in [2.75, 3.05) is 7.11 Å². The Morgan fingerprint density at radius 1 is 1.47 bits per heavy atom. The Morgan fingerprint density at radius 3 is 2.93 bits per heavy atom. The molecule has 0 bridgehead atoms. The van der Waals surface area contributed by atoms with E-state index in [4.69, 9.17) is 4.74 Å². The third-order valence-electron chi connectivity index (χ3n) is 2.18. The molecule has 2 aromatic rings. The summed E-state index contributed by atoms with van der Waals surface area (Å²) in [5, 5.41) is 4.39. The topological polar surface area (TPSA) is 39.4 Å². The second-order valence-corrected chi connectivity index (χ2v) is 3.97. The van der Waals surface area contributed by atoms with Gasteiger partial charge in [-0.1, -0.05) is 13.8 Å². The average molecular weight is 205 g/mol. The molecular weight excluding hydrogens is 190 g/mol. The molecule has 0 radical (unpaired) electrons. The smallest absolute Gasteiger partial charge is 0.198 e. The fourth-order valence-electron chi connectivity index (χ4n) is 1.54. The lowest BCUT2D eigenvalue weighted by atomic mass is 10.1. The van der Waals surface area contributed by atoms with E-state index in [1.807, 2.05) is 18.3 Å². The van der Waals surface area contributed by atoms with Crippen molar-refractivity contribution >= 4 is 5.65 Å². The number of methoxy groups -OCH3 is 1. The van der Waals surface area contributed by atoms with Crippen LogP contribution in [0, 0.1) is 5.92 Å². The normalized spacial score (nSPS) is 11.2. The summed E-state index contributed by atoms with van der Waals surface area (Å²) in [6.07, 6.45) is 2.78. The number of rotatable bonds is 3. The van der Waals surface area contributed by atoms with Crippen LogP contribution in [0.1, 0.15) is 19.7 Å². The van der Waals surface area contributed by atoms with Crippen molar-refractivity contribution in [3.05, 3.63) is 24.2 Å². The van der Waals surface area contributed by atoms with Gasteiger partial charge in [-0.3, -0.25) is 0 Å².